The Hall–Kier alpha value is -1.72. The molecule has 2 atom stereocenters. The molecule has 1 aliphatic rings. The van der Waals surface area contributed by atoms with Gasteiger partial charge in [-0.1, -0.05) is 12.5 Å². The summed E-state index contributed by atoms with van der Waals surface area (Å²) >= 11 is 0. The van der Waals surface area contributed by atoms with Crippen LogP contribution < -0.4 is 11.1 Å². The van der Waals surface area contributed by atoms with Crippen molar-refractivity contribution in [2.75, 3.05) is 5.73 Å². The van der Waals surface area contributed by atoms with Crippen LogP contribution in [0.15, 0.2) is 18.2 Å². The molecule has 1 aromatic rings. The molecular formula is C15H19F3N2O. The summed E-state index contributed by atoms with van der Waals surface area (Å²) in [5.74, 6) is -1.67. The molecule has 0 aromatic heterocycles. The third kappa shape index (κ3) is 3.68. The number of nitrogens with two attached hydrogens (primary N) is 1. The van der Waals surface area contributed by atoms with E-state index >= 15 is 0 Å². The second kappa shape index (κ2) is 5.95. The number of halogens is 3. The van der Waals surface area contributed by atoms with Crippen LogP contribution in [0.25, 0.3) is 0 Å². The number of carbonyl (C=O) groups excluding carboxylic acids is 1. The number of nitrogen functional groups attached to an aromatic ring is 1. The average molecular weight is 300 g/mol. The quantitative estimate of drug-likeness (QED) is 0.822. The average Bonchev–Trinajstić information content (AvgIpc) is 2.41. The first-order valence-electron chi connectivity index (χ1n) is 7.01. The van der Waals surface area contributed by atoms with Crippen molar-refractivity contribution < 1.29 is 18.0 Å². The molecule has 3 N–H and O–H groups in total. The van der Waals surface area contributed by atoms with Gasteiger partial charge in [-0.2, -0.15) is 13.2 Å². The van der Waals surface area contributed by atoms with E-state index in [-0.39, 0.29) is 18.7 Å². The number of carbonyl (C=O) groups is 1. The normalized spacial score (nSPS) is 22.9. The minimum Gasteiger partial charge on any atom is -0.398 e. The Morgan fingerprint density at radius 1 is 1.33 bits per heavy atom. The lowest BCUT2D eigenvalue weighted by Gasteiger charge is -2.31. The van der Waals surface area contributed by atoms with Gasteiger partial charge in [0.15, 0.2) is 0 Å². The molecule has 0 aliphatic heterocycles. The van der Waals surface area contributed by atoms with Crippen molar-refractivity contribution in [3.05, 3.63) is 29.3 Å². The molecule has 1 amide bonds. The van der Waals surface area contributed by atoms with Crippen LogP contribution >= 0.6 is 0 Å². The van der Waals surface area contributed by atoms with Gasteiger partial charge in [0.05, 0.1) is 5.92 Å². The van der Waals surface area contributed by atoms with E-state index in [2.05, 4.69) is 5.32 Å². The Morgan fingerprint density at radius 3 is 2.71 bits per heavy atom. The van der Waals surface area contributed by atoms with Crippen LogP contribution in [-0.2, 0) is 0 Å². The fourth-order valence-electron chi connectivity index (χ4n) is 2.78. The molecule has 0 radical (unpaired) electrons. The van der Waals surface area contributed by atoms with E-state index in [1.54, 1.807) is 25.1 Å². The van der Waals surface area contributed by atoms with Crippen molar-refractivity contribution in [2.45, 2.75) is 44.8 Å². The SMILES string of the molecule is Cc1c(N)cccc1C(=O)NC1CCCC(C(F)(F)F)C1. The van der Waals surface area contributed by atoms with Gasteiger partial charge >= 0.3 is 6.18 Å². The van der Waals surface area contributed by atoms with E-state index in [0.717, 1.165) is 0 Å². The summed E-state index contributed by atoms with van der Waals surface area (Å²) < 4.78 is 38.3. The van der Waals surface area contributed by atoms with E-state index in [1.165, 1.54) is 0 Å². The first-order chi connectivity index (χ1) is 9.79. The van der Waals surface area contributed by atoms with Crippen LogP contribution in [-0.4, -0.2) is 18.1 Å². The van der Waals surface area contributed by atoms with Crippen LogP contribution in [0.1, 0.15) is 41.6 Å². The van der Waals surface area contributed by atoms with Gasteiger partial charge in [0.2, 0.25) is 0 Å². The van der Waals surface area contributed by atoms with Gasteiger partial charge in [-0.05, 0) is 43.9 Å². The highest BCUT2D eigenvalue weighted by atomic mass is 19.4. The van der Waals surface area contributed by atoms with Crippen molar-refractivity contribution in [3.8, 4) is 0 Å². The lowest BCUT2D eigenvalue weighted by atomic mass is 9.85. The third-order valence-corrected chi connectivity index (χ3v) is 4.09. The highest BCUT2D eigenvalue weighted by molar-refractivity contribution is 5.97. The van der Waals surface area contributed by atoms with Crippen LogP contribution in [0, 0.1) is 12.8 Å². The first kappa shape index (κ1) is 15.7. The number of rotatable bonds is 2. The number of nitrogens with one attached hydrogen (secondary N) is 1. The van der Waals surface area contributed by atoms with Crippen LogP contribution in [0.5, 0.6) is 0 Å². The number of hydrogen-bond acceptors (Lipinski definition) is 2. The Bertz CT molecular complexity index is 528. The van der Waals surface area contributed by atoms with Crippen LogP contribution in [0.3, 0.4) is 0 Å². The molecule has 1 aliphatic carbocycles. The van der Waals surface area contributed by atoms with Gasteiger partial charge < -0.3 is 11.1 Å². The highest BCUT2D eigenvalue weighted by Gasteiger charge is 2.42. The van der Waals surface area contributed by atoms with E-state index in [4.69, 9.17) is 5.73 Å². The molecule has 2 rings (SSSR count). The van der Waals surface area contributed by atoms with Gasteiger partial charge in [0, 0.05) is 17.3 Å². The lowest BCUT2D eigenvalue weighted by Crippen LogP contribution is -2.41. The van der Waals surface area contributed by atoms with E-state index in [0.29, 0.717) is 29.7 Å². The Balaban J connectivity index is 2.04. The molecule has 0 heterocycles. The first-order valence-corrected chi connectivity index (χ1v) is 7.01. The Labute approximate surface area is 121 Å². The van der Waals surface area contributed by atoms with Gasteiger partial charge in [0.1, 0.15) is 0 Å². The Morgan fingerprint density at radius 2 is 2.05 bits per heavy atom. The van der Waals surface area contributed by atoms with Gasteiger partial charge in [-0.15, -0.1) is 0 Å². The maximum atomic E-state index is 12.8. The second-order valence-corrected chi connectivity index (χ2v) is 5.60. The minimum absolute atomic E-state index is 0.0450. The molecule has 1 saturated carbocycles. The number of alkyl halides is 3. The molecular weight excluding hydrogens is 281 g/mol. The predicted molar refractivity (Wildman–Crippen MR) is 74.9 cm³/mol. The number of amides is 1. The summed E-state index contributed by atoms with van der Waals surface area (Å²) in [6.07, 6.45) is -3.02. The summed E-state index contributed by atoms with van der Waals surface area (Å²) in [6.45, 7) is 1.73. The van der Waals surface area contributed by atoms with E-state index < -0.39 is 18.1 Å². The zero-order valence-electron chi connectivity index (χ0n) is 11.8. The zero-order chi connectivity index (χ0) is 15.6. The molecule has 3 nitrogen and oxygen atoms in total. The van der Waals surface area contributed by atoms with Crippen LogP contribution in [0.4, 0.5) is 18.9 Å². The predicted octanol–water partition coefficient (Wildman–Crippen LogP) is 3.43. The number of hydrogen-bond donors (Lipinski definition) is 2. The van der Waals surface area contributed by atoms with Gasteiger partial charge in [0.25, 0.3) is 5.91 Å². The molecule has 2 unspecified atom stereocenters. The third-order valence-electron chi connectivity index (χ3n) is 4.09. The lowest BCUT2D eigenvalue weighted by molar-refractivity contribution is -0.183. The fraction of sp³-hybridized carbons (Fsp3) is 0.533. The van der Waals surface area contributed by atoms with Gasteiger partial charge in [-0.3, -0.25) is 4.79 Å². The summed E-state index contributed by atoms with van der Waals surface area (Å²) in [5.41, 5.74) is 7.31. The highest BCUT2D eigenvalue weighted by Crippen LogP contribution is 2.37. The maximum absolute atomic E-state index is 12.8. The minimum atomic E-state index is -4.18. The Kier molecular flexibility index (Phi) is 4.44. The zero-order valence-corrected chi connectivity index (χ0v) is 11.8. The molecule has 0 spiro atoms. The van der Waals surface area contributed by atoms with E-state index in [1.807, 2.05) is 0 Å². The molecule has 1 fully saturated rings. The van der Waals surface area contributed by atoms with Crippen LogP contribution in [0.2, 0.25) is 0 Å². The topological polar surface area (TPSA) is 55.1 Å². The molecule has 21 heavy (non-hydrogen) atoms. The van der Waals surface area contributed by atoms with E-state index in [9.17, 15) is 18.0 Å². The van der Waals surface area contributed by atoms with Gasteiger partial charge in [-0.25, -0.2) is 0 Å². The molecule has 116 valence electrons. The maximum Gasteiger partial charge on any atom is 0.391 e. The van der Waals surface area contributed by atoms with Crippen molar-refractivity contribution in [1.82, 2.24) is 5.32 Å². The number of anilines is 1. The van der Waals surface area contributed by atoms with Crippen molar-refractivity contribution >= 4 is 11.6 Å². The summed E-state index contributed by atoms with van der Waals surface area (Å²) in [6, 6.07) is 4.55. The van der Waals surface area contributed by atoms with Crippen molar-refractivity contribution in [3.63, 3.8) is 0 Å². The summed E-state index contributed by atoms with van der Waals surface area (Å²) in [5, 5.41) is 2.71. The summed E-state index contributed by atoms with van der Waals surface area (Å²) in [7, 11) is 0. The molecule has 0 bridgehead atoms. The summed E-state index contributed by atoms with van der Waals surface area (Å²) in [4.78, 5) is 12.2. The fourth-order valence-corrected chi connectivity index (χ4v) is 2.78. The molecule has 6 heteroatoms. The molecule has 1 aromatic carbocycles. The second-order valence-electron chi connectivity index (χ2n) is 5.60. The monoisotopic (exact) mass is 300 g/mol. The standard InChI is InChI=1S/C15H19F3N2O/c1-9-12(6-3-7-13(9)19)14(21)20-11-5-2-4-10(8-11)15(16,17)18/h3,6-7,10-11H,2,4-5,8,19H2,1H3,(H,20,21). The largest absolute Gasteiger partial charge is 0.398 e. The number of benzene rings is 1. The van der Waals surface area contributed by atoms with Crippen molar-refractivity contribution in [1.29, 1.82) is 0 Å². The smallest absolute Gasteiger partial charge is 0.391 e. The van der Waals surface area contributed by atoms with Crippen molar-refractivity contribution in [2.24, 2.45) is 5.92 Å². The molecule has 0 saturated heterocycles.